The van der Waals surface area contributed by atoms with Crippen LogP contribution in [0.3, 0.4) is 0 Å². The van der Waals surface area contributed by atoms with E-state index in [0.29, 0.717) is 18.7 Å². The van der Waals surface area contributed by atoms with Crippen molar-refractivity contribution in [3.05, 3.63) is 70.2 Å². The lowest BCUT2D eigenvalue weighted by atomic mass is 10.1. The van der Waals surface area contributed by atoms with E-state index in [9.17, 15) is 13.2 Å². The summed E-state index contributed by atoms with van der Waals surface area (Å²) in [6.07, 6.45) is 3.64. The lowest BCUT2D eigenvalue weighted by molar-refractivity contribution is 0.0784. The molecular formula is C25H24Cl2FN7O3S. The lowest BCUT2D eigenvalue weighted by Crippen LogP contribution is -2.34. The van der Waals surface area contributed by atoms with Crippen LogP contribution in [0.1, 0.15) is 16.8 Å². The van der Waals surface area contributed by atoms with Crippen LogP contribution < -0.4 is 10.5 Å². The van der Waals surface area contributed by atoms with Gasteiger partial charge in [-0.1, -0.05) is 23.2 Å². The van der Waals surface area contributed by atoms with Crippen molar-refractivity contribution in [3.8, 4) is 11.1 Å². The van der Waals surface area contributed by atoms with Crippen LogP contribution in [0.25, 0.3) is 16.8 Å². The SMILES string of the molecule is CN(C)C1CCN(C(=O)c2cnn3c(N)c(-c4ccc(NS(=O)(=O)c5cc(Cl)ccc5Cl)cc4F)cnc23)C1. The molecule has 2 aromatic carbocycles. The van der Waals surface area contributed by atoms with Gasteiger partial charge in [0.25, 0.3) is 15.9 Å². The highest BCUT2D eigenvalue weighted by Gasteiger charge is 2.30. The van der Waals surface area contributed by atoms with Gasteiger partial charge in [0.1, 0.15) is 22.1 Å². The van der Waals surface area contributed by atoms with Gasteiger partial charge in [0.15, 0.2) is 5.65 Å². The molecule has 1 amide bonds. The van der Waals surface area contributed by atoms with Gasteiger partial charge in [-0.05, 0) is 56.9 Å². The van der Waals surface area contributed by atoms with Crippen molar-refractivity contribution in [2.45, 2.75) is 17.4 Å². The third-order valence-electron chi connectivity index (χ3n) is 6.67. The molecule has 1 fully saturated rings. The second-order valence-corrected chi connectivity index (χ2v) is 11.9. The minimum absolute atomic E-state index is 0.0320. The van der Waals surface area contributed by atoms with E-state index in [2.05, 4.69) is 19.7 Å². The zero-order valence-corrected chi connectivity index (χ0v) is 23.2. The molecule has 204 valence electrons. The Kier molecular flexibility index (Phi) is 7.14. The summed E-state index contributed by atoms with van der Waals surface area (Å²) < 4.78 is 44.4. The summed E-state index contributed by atoms with van der Waals surface area (Å²) in [6, 6.07) is 8.05. The van der Waals surface area contributed by atoms with E-state index >= 15 is 4.39 Å². The van der Waals surface area contributed by atoms with Crippen LogP contribution >= 0.6 is 23.2 Å². The Labute approximate surface area is 234 Å². The standard InChI is InChI=1S/C25H24Cl2FN7O3S/c1-33(2)16-7-8-34(13-16)25(36)19-12-31-35-23(29)18(11-30-24(19)35)17-5-4-15(10-21(17)28)32-39(37,38)22-9-14(26)3-6-20(22)27/h3-6,9-12,16,32H,7-8,13,29H2,1-2H3. The van der Waals surface area contributed by atoms with Gasteiger partial charge in [-0.15, -0.1) is 0 Å². The quantitative estimate of drug-likeness (QED) is 0.347. The number of likely N-dealkylation sites (tertiary alicyclic amines) is 1. The highest BCUT2D eigenvalue weighted by Crippen LogP contribution is 2.32. The second-order valence-electron chi connectivity index (χ2n) is 9.38. The van der Waals surface area contributed by atoms with E-state index in [1.165, 1.54) is 47.2 Å². The van der Waals surface area contributed by atoms with Crippen molar-refractivity contribution >= 4 is 56.3 Å². The largest absolute Gasteiger partial charge is 0.383 e. The number of benzene rings is 2. The van der Waals surface area contributed by atoms with Crippen molar-refractivity contribution in [1.82, 2.24) is 24.4 Å². The highest BCUT2D eigenvalue weighted by molar-refractivity contribution is 7.92. The fourth-order valence-corrected chi connectivity index (χ4v) is 6.33. The highest BCUT2D eigenvalue weighted by atomic mass is 35.5. The Balaban J connectivity index is 1.42. The Hall–Kier alpha value is -3.45. The van der Waals surface area contributed by atoms with E-state index in [1.54, 1.807) is 4.90 Å². The molecule has 0 radical (unpaired) electrons. The number of likely N-dealkylation sites (N-methyl/N-ethyl adjacent to an activating group) is 1. The van der Waals surface area contributed by atoms with E-state index in [1.807, 2.05) is 14.1 Å². The zero-order valence-electron chi connectivity index (χ0n) is 20.9. The number of nitrogens with two attached hydrogens (primary N) is 1. The molecule has 3 N–H and O–H groups in total. The molecule has 14 heteroatoms. The van der Waals surface area contributed by atoms with Crippen LogP contribution in [0.2, 0.25) is 10.0 Å². The number of sulfonamides is 1. The van der Waals surface area contributed by atoms with Crippen molar-refractivity contribution in [3.63, 3.8) is 0 Å². The Morgan fingerprint density at radius 1 is 1.15 bits per heavy atom. The number of nitrogens with zero attached hydrogens (tertiary/aromatic N) is 5. The monoisotopic (exact) mass is 591 g/mol. The summed E-state index contributed by atoms with van der Waals surface area (Å²) in [5, 5.41) is 4.38. The summed E-state index contributed by atoms with van der Waals surface area (Å²) in [7, 11) is -0.182. The number of aromatic nitrogens is 3. The van der Waals surface area contributed by atoms with Crippen molar-refractivity contribution in [2.75, 3.05) is 37.6 Å². The van der Waals surface area contributed by atoms with E-state index in [0.717, 1.165) is 12.5 Å². The Morgan fingerprint density at radius 3 is 2.62 bits per heavy atom. The fraction of sp³-hybridized carbons (Fsp3) is 0.240. The first-order valence-electron chi connectivity index (χ1n) is 11.8. The van der Waals surface area contributed by atoms with Crippen molar-refractivity contribution < 1.29 is 17.6 Å². The van der Waals surface area contributed by atoms with Crippen LogP contribution in [0.5, 0.6) is 0 Å². The van der Waals surface area contributed by atoms with Gasteiger partial charge in [-0.3, -0.25) is 9.52 Å². The molecule has 39 heavy (non-hydrogen) atoms. The molecule has 0 saturated carbocycles. The smallest absolute Gasteiger partial charge is 0.263 e. The van der Waals surface area contributed by atoms with Crippen molar-refractivity contribution in [2.24, 2.45) is 0 Å². The molecule has 0 aliphatic carbocycles. The van der Waals surface area contributed by atoms with Crippen LogP contribution in [-0.2, 0) is 10.0 Å². The topological polar surface area (TPSA) is 126 Å². The zero-order chi connectivity index (χ0) is 28.1. The number of hydrogen-bond acceptors (Lipinski definition) is 7. The first kappa shape index (κ1) is 27.1. The van der Waals surface area contributed by atoms with Crippen molar-refractivity contribution in [1.29, 1.82) is 0 Å². The predicted molar refractivity (Wildman–Crippen MR) is 148 cm³/mol. The molecule has 1 saturated heterocycles. The molecule has 4 aromatic rings. The van der Waals surface area contributed by atoms with Gasteiger partial charge in [-0.25, -0.2) is 17.8 Å². The average Bonchev–Trinajstić information content (AvgIpc) is 3.54. The first-order chi connectivity index (χ1) is 18.5. The van der Waals surface area contributed by atoms with Crippen LogP contribution in [0.15, 0.2) is 53.7 Å². The number of halogens is 3. The maximum absolute atomic E-state index is 15.2. The molecule has 3 heterocycles. The minimum Gasteiger partial charge on any atom is -0.383 e. The van der Waals surface area contributed by atoms with Gasteiger partial charge < -0.3 is 15.5 Å². The van der Waals surface area contributed by atoms with E-state index < -0.39 is 15.8 Å². The number of nitrogens with one attached hydrogen (secondary N) is 1. The number of amides is 1. The Morgan fingerprint density at radius 2 is 1.92 bits per heavy atom. The molecule has 1 aliphatic rings. The molecule has 0 bridgehead atoms. The van der Waals surface area contributed by atoms with Crippen LogP contribution in [0.4, 0.5) is 15.9 Å². The molecule has 5 rings (SSSR count). The number of fused-ring (bicyclic) bond motifs is 1. The van der Waals surface area contributed by atoms with Gasteiger partial charge >= 0.3 is 0 Å². The molecule has 10 nitrogen and oxygen atoms in total. The predicted octanol–water partition coefficient (Wildman–Crippen LogP) is 4.00. The maximum Gasteiger partial charge on any atom is 0.263 e. The summed E-state index contributed by atoms with van der Waals surface area (Å²) in [5.74, 6) is -0.878. The normalized spacial score (nSPS) is 15.8. The molecular weight excluding hydrogens is 568 g/mol. The number of carbonyl (C=O) groups excluding carboxylic acids is 1. The third-order valence-corrected chi connectivity index (χ3v) is 8.77. The van der Waals surface area contributed by atoms with Crippen LogP contribution in [0, 0.1) is 5.82 Å². The van der Waals surface area contributed by atoms with Gasteiger partial charge in [0.2, 0.25) is 0 Å². The number of hydrogen-bond donors (Lipinski definition) is 2. The summed E-state index contributed by atoms with van der Waals surface area (Å²) in [5.41, 5.74) is 7.15. The van der Waals surface area contributed by atoms with Gasteiger partial charge in [0.05, 0.1) is 16.9 Å². The number of carbonyl (C=O) groups is 1. The molecule has 1 unspecified atom stereocenters. The molecule has 0 spiro atoms. The summed E-state index contributed by atoms with van der Waals surface area (Å²) in [4.78, 5) is 21.1. The minimum atomic E-state index is -4.14. The van der Waals surface area contributed by atoms with Gasteiger partial charge in [0, 0.05) is 41.5 Å². The average molecular weight is 592 g/mol. The van der Waals surface area contributed by atoms with Gasteiger partial charge in [-0.2, -0.15) is 9.61 Å². The maximum atomic E-state index is 15.2. The first-order valence-corrected chi connectivity index (χ1v) is 14.1. The lowest BCUT2D eigenvalue weighted by Gasteiger charge is -2.20. The summed E-state index contributed by atoms with van der Waals surface area (Å²) >= 11 is 11.9. The third kappa shape index (κ3) is 5.12. The number of nitrogen functional groups attached to an aromatic ring is 1. The van der Waals surface area contributed by atoms with E-state index in [-0.39, 0.29) is 55.2 Å². The molecule has 2 aromatic heterocycles. The fourth-order valence-electron chi connectivity index (χ4n) is 4.52. The molecule has 1 aliphatic heterocycles. The van der Waals surface area contributed by atoms with Crippen LogP contribution in [-0.4, -0.2) is 71.9 Å². The van der Waals surface area contributed by atoms with E-state index in [4.69, 9.17) is 28.9 Å². The Bertz CT molecular complexity index is 1710. The second kappa shape index (κ2) is 10.3. The number of rotatable bonds is 6. The molecule has 1 atom stereocenters. The summed E-state index contributed by atoms with van der Waals surface area (Å²) in [6.45, 7) is 1.22. The number of anilines is 2.